The molecule has 1 fully saturated rings. The average Bonchev–Trinajstić information content (AvgIpc) is 3.14. The van der Waals surface area contributed by atoms with Crippen molar-refractivity contribution in [1.29, 1.82) is 0 Å². The zero-order valence-electron chi connectivity index (χ0n) is 14.7. The van der Waals surface area contributed by atoms with Gasteiger partial charge in [0.2, 0.25) is 0 Å². The summed E-state index contributed by atoms with van der Waals surface area (Å²) in [5, 5.41) is 2.94. The third-order valence-corrected chi connectivity index (χ3v) is 5.00. The van der Waals surface area contributed by atoms with E-state index in [1.165, 1.54) is 6.92 Å². The standard InChI is InChI=1S/C17H25N2O6P/c1-12(16(20)24-17(21)15-9-4-10-19-15)25-26(22)23-11-5-7-13-6-2-3-8-14(13)18/h2-3,6,8,12,15,19,26H,4-5,7,9-11,18H2,1H3/t12?,15-/m0/s1. The number of carbonyl (C=O) groups excluding carboxylic acids is 2. The second kappa shape index (κ2) is 10.4. The Morgan fingerprint density at radius 2 is 2.15 bits per heavy atom. The second-order valence-electron chi connectivity index (χ2n) is 6.05. The summed E-state index contributed by atoms with van der Waals surface area (Å²) in [5.41, 5.74) is 7.54. The first kappa shape index (κ1) is 20.6. The predicted octanol–water partition coefficient (Wildman–Crippen LogP) is 1.83. The Morgan fingerprint density at radius 1 is 1.38 bits per heavy atom. The molecule has 0 spiro atoms. The summed E-state index contributed by atoms with van der Waals surface area (Å²) in [7, 11) is -2.86. The van der Waals surface area contributed by atoms with Crippen molar-refractivity contribution >= 4 is 25.9 Å². The molecule has 3 atom stereocenters. The van der Waals surface area contributed by atoms with Crippen LogP contribution in [0.5, 0.6) is 0 Å². The summed E-state index contributed by atoms with van der Waals surface area (Å²) in [6, 6.07) is 7.02. The van der Waals surface area contributed by atoms with E-state index in [-0.39, 0.29) is 6.61 Å². The first-order valence-corrected chi connectivity index (χ1v) is 9.85. The van der Waals surface area contributed by atoms with Crippen LogP contribution in [0.3, 0.4) is 0 Å². The Hall–Kier alpha value is -1.73. The Labute approximate surface area is 153 Å². The van der Waals surface area contributed by atoms with Gasteiger partial charge < -0.3 is 20.3 Å². The quantitative estimate of drug-likeness (QED) is 0.218. The van der Waals surface area contributed by atoms with Gasteiger partial charge in [0, 0.05) is 5.69 Å². The van der Waals surface area contributed by atoms with Crippen LogP contribution in [0.25, 0.3) is 0 Å². The first-order chi connectivity index (χ1) is 12.5. The lowest BCUT2D eigenvalue weighted by Crippen LogP contribution is -2.36. The zero-order chi connectivity index (χ0) is 18.9. The van der Waals surface area contributed by atoms with Gasteiger partial charge >= 0.3 is 20.2 Å². The zero-order valence-corrected chi connectivity index (χ0v) is 15.7. The molecule has 0 bridgehead atoms. The Morgan fingerprint density at radius 3 is 2.85 bits per heavy atom. The van der Waals surface area contributed by atoms with E-state index < -0.39 is 32.3 Å². The molecule has 26 heavy (non-hydrogen) atoms. The Kier molecular flexibility index (Phi) is 8.25. The van der Waals surface area contributed by atoms with Crippen LogP contribution in [0.2, 0.25) is 0 Å². The molecule has 1 aromatic carbocycles. The summed E-state index contributed by atoms with van der Waals surface area (Å²) < 4.78 is 26.6. The van der Waals surface area contributed by atoms with E-state index in [1.54, 1.807) is 0 Å². The van der Waals surface area contributed by atoms with E-state index in [4.69, 9.17) is 19.5 Å². The third-order valence-electron chi connectivity index (χ3n) is 4.02. The van der Waals surface area contributed by atoms with E-state index >= 15 is 0 Å². The van der Waals surface area contributed by atoms with E-state index in [9.17, 15) is 14.2 Å². The lowest BCUT2D eigenvalue weighted by molar-refractivity contribution is -0.165. The van der Waals surface area contributed by atoms with Gasteiger partial charge in [-0.15, -0.1) is 0 Å². The van der Waals surface area contributed by atoms with Crippen LogP contribution in [0.15, 0.2) is 24.3 Å². The number of ether oxygens (including phenoxy) is 1. The van der Waals surface area contributed by atoms with Crippen LogP contribution >= 0.6 is 8.25 Å². The van der Waals surface area contributed by atoms with Gasteiger partial charge in [-0.3, -0.25) is 9.09 Å². The fraction of sp³-hybridized carbons (Fsp3) is 0.529. The van der Waals surface area contributed by atoms with Gasteiger partial charge in [-0.05, 0) is 50.8 Å². The summed E-state index contributed by atoms with van der Waals surface area (Å²) >= 11 is 0. The maximum absolute atomic E-state index is 11.8. The van der Waals surface area contributed by atoms with E-state index in [0.29, 0.717) is 24.9 Å². The van der Waals surface area contributed by atoms with Gasteiger partial charge in [0.15, 0.2) is 6.10 Å². The molecule has 0 amide bonds. The minimum absolute atomic E-state index is 0.207. The maximum Gasteiger partial charge on any atom is 0.343 e. The molecule has 2 unspecified atom stereocenters. The van der Waals surface area contributed by atoms with Crippen LogP contribution in [-0.2, 0) is 34.4 Å². The Bertz CT molecular complexity index is 648. The molecule has 1 heterocycles. The van der Waals surface area contributed by atoms with Gasteiger partial charge in [0.1, 0.15) is 6.04 Å². The van der Waals surface area contributed by atoms with Crippen molar-refractivity contribution in [3.05, 3.63) is 29.8 Å². The number of carbonyl (C=O) groups is 2. The fourth-order valence-electron chi connectivity index (χ4n) is 2.55. The number of esters is 2. The number of aryl methyl sites for hydroxylation is 1. The largest absolute Gasteiger partial charge is 0.399 e. The van der Waals surface area contributed by atoms with Crippen LogP contribution in [0.1, 0.15) is 31.7 Å². The molecule has 3 N–H and O–H groups in total. The van der Waals surface area contributed by atoms with Gasteiger partial charge in [0.05, 0.1) is 6.61 Å². The van der Waals surface area contributed by atoms with Gasteiger partial charge in [-0.2, -0.15) is 0 Å². The van der Waals surface area contributed by atoms with E-state index in [1.807, 2.05) is 24.3 Å². The number of hydrogen-bond donors (Lipinski definition) is 2. The van der Waals surface area contributed by atoms with Crippen molar-refractivity contribution in [3.8, 4) is 0 Å². The number of rotatable bonds is 9. The molecule has 0 aromatic heterocycles. The molecule has 9 heteroatoms. The predicted molar refractivity (Wildman–Crippen MR) is 96.8 cm³/mol. The number of benzene rings is 1. The molecule has 0 radical (unpaired) electrons. The van der Waals surface area contributed by atoms with Crippen molar-refractivity contribution in [3.63, 3.8) is 0 Å². The molecule has 0 aliphatic carbocycles. The normalized spacial score (nSPS) is 19.0. The molecule has 1 aliphatic heterocycles. The highest BCUT2D eigenvalue weighted by molar-refractivity contribution is 7.33. The molecule has 144 valence electrons. The molecule has 1 aromatic rings. The summed E-state index contributed by atoms with van der Waals surface area (Å²) in [4.78, 5) is 23.6. The topological polar surface area (TPSA) is 117 Å². The summed E-state index contributed by atoms with van der Waals surface area (Å²) in [6.07, 6.45) is 1.64. The number of hydrogen-bond acceptors (Lipinski definition) is 8. The van der Waals surface area contributed by atoms with Crippen LogP contribution in [0.4, 0.5) is 5.69 Å². The smallest absolute Gasteiger partial charge is 0.343 e. The maximum atomic E-state index is 11.8. The fourth-order valence-corrected chi connectivity index (χ4v) is 3.31. The lowest BCUT2D eigenvalue weighted by atomic mass is 10.1. The number of nitrogens with one attached hydrogen (secondary N) is 1. The number of para-hydroxylation sites is 1. The second-order valence-corrected chi connectivity index (χ2v) is 7.07. The highest BCUT2D eigenvalue weighted by Crippen LogP contribution is 2.27. The third kappa shape index (κ3) is 6.53. The Balaban J connectivity index is 1.64. The molecule has 8 nitrogen and oxygen atoms in total. The van der Waals surface area contributed by atoms with Crippen molar-refractivity contribution in [1.82, 2.24) is 5.32 Å². The molecule has 2 rings (SSSR count). The number of anilines is 1. The SMILES string of the molecule is CC(O[PH](=O)OCCCc1ccccc1N)C(=O)OC(=O)[C@@H]1CCCN1. The summed E-state index contributed by atoms with van der Waals surface area (Å²) in [5.74, 6) is -1.51. The molecule has 1 aliphatic rings. The van der Waals surface area contributed by atoms with Crippen molar-refractivity contribution in [2.24, 2.45) is 0 Å². The van der Waals surface area contributed by atoms with Crippen molar-refractivity contribution in [2.45, 2.75) is 44.8 Å². The molecular formula is C17H25N2O6P. The summed E-state index contributed by atoms with van der Waals surface area (Å²) in [6.45, 7) is 2.29. The van der Waals surface area contributed by atoms with Crippen LogP contribution < -0.4 is 11.1 Å². The average molecular weight is 384 g/mol. The first-order valence-electron chi connectivity index (χ1n) is 8.63. The van der Waals surface area contributed by atoms with Gasteiger partial charge in [-0.25, -0.2) is 9.59 Å². The van der Waals surface area contributed by atoms with Gasteiger partial charge in [0.25, 0.3) is 0 Å². The minimum Gasteiger partial charge on any atom is -0.399 e. The molecule has 0 saturated carbocycles. The van der Waals surface area contributed by atoms with Crippen molar-refractivity contribution < 1.29 is 27.9 Å². The lowest BCUT2D eigenvalue weighted by Gasteiger charge is -2.13. The van der Waals surface area contributed by atoms with E-state index in [0.717, 1.165) is 18.5 Å². The molecule has 1 saturated heterocycles. The highest BCUT2D eigenvalue weighted by Gasteiger charge is 2.28. The minimum atomic E-state index is -2.86. The van der Waals surface area contributed by atoms with Crippen molar-refractivity contribution in [2.75, 3.05) is 18.9 Å². The van der Waals surface area contributed by atoms with Crippen LogP contribution in [0, 0.1) is 0 Å². The van der Waals surface area contributed by atoms with E-state index in [2.05, 4.69) is 5.32 Å². The molecular weight excluding hydrogens is 359 g/mol. The van der Waals surface area contributed by atoms with Gasteiger partial charge in [-0.1, -0.05) is 18.2 Å². The number of nitrogen functional groups attached to an aromatic ring is 1. The van der Waals surface area contributed by atoms with Crippen LogP contribution in [-0.4, -0.2) is 37.2 Å². The monoisotopic (exact) mass is 384 g/mol. The number of nitrogens with two attached hydrogens (primary N) is 1. The highest BCUT2D eigenvalue weighted by atomic mass is 31.1.